The molecule has 0 aliphatic carbocycles. The zero-order valence-corrected chi connectivity index (χ0v) is 13.4. The van der Waals surface area contributed by atoms with Crippen LogP contribution in [0.5, 0.6) is 0 Å². The molecule has 2 rings (SSSR count). The van der Waals surface area contributed by atoms with Crippen LogP contribution >= 0.6 is 11.6 Å². The van der Waals surface area contributed by atoms with Crippen LogP contribution in [0.4, 0.5) is 14.5 Å². The molecule has 0 radical (unpaired) electrons. The maximum atomic E-state index is 13.8. The van der Waals surface area contributed by atoms with Gasteiger partial charge >= 0.3 is 0 Å². The minimum absolute atomic E-state index is 0.0998. The maximum Gasteiger partial charge on any atom is 0.150 e. The summed E-state index contributed by atoms with van der Waals surface area (Å²) in [6, 6.07) is 2.13. The zero-order valence-electron chi connectivity index (χ0n) is 12.6. The number of benzene rings is 1. The van der Waals surface area contributed by atoms with Crippen molar-refractivity contribution in [2.75, 3.05) is 25.0 Å². The van der Waals surface area contributed by atoms with E-state index in [2.05, 4.69) is 17.1 Å². The molecule has 5 heteroatoms. The summed E-state index contributed by atoms with van der Waals surface area (Å²) in [4.78, 5) is 2.47. The van der Waals surface area contributed by atoms with Crippen LogP contribution in [0.3, 0.4) is 0 Å². The van der Waals surface area contributed by atoms with Gasteiger partial charge in [-0.05, 0) is 57.8 Å². The molecule has 1 aliphatic heterocycles. The summed E-state index contributed by atoms with van der Waals surface area (Å²) >= 11 is 5.93. The second-order valence-corrected chi connectivity index (χ2v) is 6.26. The molecular formula is C16H23ClF2N2. The average molecular weight is 317 g/mol. The van der Waals surface area contributed by atoms with Crippen LogP contribution in [-0.2, 0) is 0 Å². The fourth-order valence-corrected chi connectivity index (χ4v) is 3.27. The number of nitrogens with zero attached hydrogens (tertiary/aromatic N) is 1. The van der Waals surface area contributed by atoms with Crippen molar-refractivity contribution in [1.82, 2.24) is 4.90 Å². The Bertz CT molecular complexity index is 450. The first kappa shape index (κ1) is 16.5. The fourth-order valence-electron chi connectivity index (χ4n) is 3.02. The van der Waals surface area contributed by atoms with Crippen molar-refractivity contribution >= 4 is 17.3 Å². The molecule has 1 atom stereocenters. The molecule has 1 N–H and O–H groups in total. The average Bonchev–Trinajstić information content (AvgIpc) is 2.43. The Morgan fingerprint density at radius 3 is 2.57 bits per heavy atom. The van der Waals surface area contributed by atoms with Crippen molar-refractivity contribution < 1.29 is 8.78 Å². The van der Waals surface area contributed by atoms with E-state index in [4.69, 9.17) is 11.6 Å². The standard InChI is InChI=1S/C16H23ClF2N2/c1-3-6-21-7-4-12(5-8-21)11(2)20-16-14(17)9-13(18)10-15(16)19/h9-12,20H,3-8H2,1-2H3. The van der Waals surface area contributed by atoms with E-state index in [-0.39, 0.29) is 16.8 Å². The molecule has 118 valence electrons. The lowest BCUT2D eigenvalue weighted by Crippen LogP contribution is -2.39. The Morgan fingerprint density at radius 2 is 2.00 bits per heavy atom. The number of hydrogen-bond donors (Lipinski definition) is 1. The SMILES string of the molecule is CCCN1CCC(C(C)Nc2c(F)cc(F)cc2Cl)CC1. The summed E-state index contributed by atoms with van der Waals surface area (Å²) < 4.78 is 26.9. The van der Waals surface area contributed by atoms with E-state index in [0.29, 0.717) is 5.92 Å². The highest BCUT2D eigenvalue weighted by Gasteiger charge is 2.24. The topological polar surface area (TPSA) is 15.3 Å². The minimum Gasteiger partial charge on any atom is -0.379 e. The lowest BCUT2D eigenvalue weighted by Gasteiger charge is -2.35. The number of hydrogen-bond acceptors (Lipinski definition) is 2. The molecule has 1 saturated heterocycles. The molecule has 0 saturated carbocycles. The van der Waals surface area contributed by atoms with Crippen LogP contribution < -0.4 is 5.32 Å². The molecular weight excluding hydrogens is 294 g/mol. The Hall–Kier alpha value is -0.870. The first-order valence-electron chi connectivity index (χ1n) is 7.64. The second kappa shape index (κ2) is 7.41. The van der Waals surface area contributed by atoms with Crippen LogP contribution in [0.15, 0.2) is 12.1 Å². The Labute approximate surface area is 130 Å². The van der Waals surface area contributed by atoms with Gasteiger partial charge in [0, 0.05) is 12.1 Å². The van der Waals surface area contributed by atoms with E-state index in [1.54, 1.807) is 0 Å². The summed E-state index contributed by atoms with van der Waals surface area (Å²) in [5.74, 6) is -0.794. The summed E-state index contributed by atoms with van der Waals surface area (Å²) in [6.07, 6.45) is 3.36. The fraction of sp³-hybridized carbons (Fsp3) is 0.625. The van der Waals surface area contributed by atoms with E-state index >= 15 is 0 Å². The third-order valence-corrected chi connectivity index (χ3v) is 4.56. The first-order valence-corrected chi connectivity index (χ1v) is 8.02. The molecule has 1 heterocycles. The third kappa shape index (κ3) is 4.30. The number of rotatable bonds is 5. The highest BCUT2D eigenvalue weighted by atomic mass is 35.5. The molecule has 0 amide bonds. The smallest absolute Gasteiger partial charge is 0.150 e. The van der Waals surface area contributed by atoms with E-state index in [0.717, 1.165) is 44.6 Å². The van der Waals surface area contributed by atoms with E-state index in [1.807, 2.05) is 6.92 Å². The van der Waals surface area contributed by atoms with E-state index in [1.165, 1.54) is 6.42 Å². The lowest BCUT2D eigenvalue weighted by molar-refractivity contribution is 0.176. The van der Waals surface area contributed by atoms with Crippen LogP contribution in [0.2, 0.25) is 5.02 Å². The van der Waals surface area contributed by atoms with Crippen LogP contribution in [0.1, 0.15) is 33.1 Å². The predicted molar refractivity (Wildman–Crippen MR) is 83.9 cm³/mol. The van der Waals surface area contributed by atoms with Gasteiger partial charge in [0.25, 0.3) is 0 Å². The Kier molecular flexibility index (Phi) is 5.82. The number of nitrogens with one attached hydrogen (secondary N) is 1. The Balaban J connectivity index is 1.95. The minimum atomic E-state index is -0.649. The molecule has 21 heavy (non-hydrogen) atoms. The quantitative estimate of drug-likeness (QED) is 0.858. The van der Waals surface area contributed by atoms with Gasteiger partial charge in [0.05, 0.1) is 10.7 Å². The normalized spacial score (nSPS) is 18.7. The molecule has 1 unspecified atom stereocenters. The highest BCUT2D eigenvalue weighted by Crippen LogP contribution is 2.30. The summed E-state index contributed by atoms with van der Waals surface area (Å²) in [5, 5.41) is 3.23. The van der Waals surface area contributed by atoms with Crippen molar-refractivity contribution in [3.8, 4) is 0 Å². The number of likely N-dealkylation sites (tertiary alicyclic amines) is 1. The van der Waals surface area contributed by atoms with Gasteiger partial charge in [-0.25, -0.2) is 8.78 Å². The lowest BCUT2D eigenvalue weighted by atomic mass is 9.90. The predicted octanol–water partition coefficient (Wildman–Crippen LogP) is 4.54. The summed E-state index contributed by atoms with van der Waals surface area (Å²) in [5.41, 5.74) is 0.210. The van der Waals surface area contributed by atoms with Crippen molar-refractivity contribution in [2.45, 2.75) is 39.2 Å². The van der Waals surface area contributed by atoms with Gasteiger partial charge in [-0.2, -0.15) is 0 Å². The van der Waals surface area contributed by atoms with Gasteiger partial charge in [0.1, 0.15) is 5.82 Å². The molecule has 1 fully saturated rings. The van der Waals surface area contributed by atoms with Gasteiger partial charge in [-0.3, -0.25) is 0 Å². The molecule has 0 bridgehead atoms. The van der Waals surface area contributed by atoms with Gasteiger partial charge in [0.2, 0.25) is 0 Å². The molecule has 0 spiro atoms. The molecule has 1 aromatic rings. The van der Waals surface area contributed by atoms with Crippen LogP contribution in [-0.4, -0.2) is 30.6 Å². The molecule has 2 nitrogen and oxygen atoms in total. The van der Waals surface area contributed by atoms with Gasteiger partial charge < -0.3 is 10.2 Å². The third-order valence-electron chi connectivity index (χ3n) is 4.26. The number of anilines is 1. The number of halogens is 3. The van der Waals surface area contributed by atoms with Crippen LogP contribution in [0, 0.1) is 17.6 Å². The zero-order chi connectivity index (χ0) is 15.4. The second-order valence-electron chi connectivity index (χ2n) is 5.86. The van der Waals surface area contributed by atoms with Crippen molar-refractivity contribution in [2.24, 2.45) is 5.92 Å². The molecule has 0 aromatic heterocycles. The van der Waals surface area contributed by atoms with Crippen molar-refractivity contribution in [3.05, 3.63) is 28.8 Å². The van der Waals surface area contributed by atoms with E-state index in [9.17, 15) is 8.78 Å². The molecule has 1 aliphatic rings. The highest BCUT2D eigenvalue weighted by molar-refractivity contribution is 6.33. The first-order chi connectivity index (χ1) is 10.0. The summed E-state index contributed by atoms with van der Waals surface area (Å²) in [6.45, 7) is 7.55. The van der Waals surface area contributed by atoms with Crippen molar-refractivity contribution in [1.29, 1.82) is 0 Å². The van der Waals surface area contributed by atoms with Gasteiger partial charge in [-0.15, -0.1) is 0 Å². The van der Waals surface area contributed by atoms with Crippen molar-refractivity contribution in [3.63, 3.8) is 0 Å². The Morgan fingerprint density at radius 1 is 1.33 bits per heavy atom. The molecule has 1 aromatic carbocycles. The number of piperidine rings is 1. The largest absolute Gasteiger partial charge is 0.379 e. The monoisotopic (exact) mass is 316 g/mol. The summed E-state index contributed by atoms with van der Waals surface area (Å²) in [7, 11) is 0. The van der Waals surface area contributed by atoms with E-state index < -0.39 is 11.6 Å². The van der Waals surface area contributed by atoms with Crippen LogP contribution in [0.25, 0.3) is 0 Å². The maximum absolute atomic E-state index is 13.8. The van der Waals surface area contributed by atoms with Gasteiger partial charge in [-0.1, -0.05) is 18.5 Å². The van der Waals surface area contributed by atoms with Gasteiger partial charge in [0.15, 0.2) is 5.82 Å².